The summed E-state index contributed by atoms with van der Waals surface area (Å²) in [5.74, 6) is 0.854. The molecule has 2 N–H and O–H groups in total. The van der Waals surface area contributed by atoms with Gasteiger partial charge in [0.25, 0.3) is 0 Å². The van der Waals surface area contributed by atoms with Crippen molar-refractivity contribution in [2.75, 3.05) is 26.2 Å². The van der Waals surface area contributed by atoms with Crippen LogP contribution in [0.4, 0.5) is 0 Å². The lowest BCUT2D eigenvalue weighted by Crippen LogP contribution is -2.57. The number of benzene rings is 1. The standard InChI is InChI=1S/C16H23N3O/c20-16(18-10-13-4-2-1-3-5-13)11-17-15-12-19-8-6-14(15)7-9-19/h1-5,14-15,17H,6-12H2,(H,18,20). The number of carbonyl (C=O) groups excluding carboxylic acids is 1. The van der Waals surface area contributed by atoms with Crippen molar-refractivity contribution in [1.82, 2.24) is 15.5 Å². The molecule has 108 valence electrons. The summed E-state index contributed by atoms with van der Waals surface area (Å²) in [6.45, 7) is 4.63. The van der Waals surface area contributed by atoms with Crippen molar-refractivity contribution in [3.8, 4) is 0 Å². The first-order valence-electron chi connectivity index (χ1n) is 7.57. The summed E-state index contributed by atoms with van der Waals surface area (Å²) in [6.07, 6.45) is 2.56. The molecule has 0 radical (unpaired) electrons. The maximum Gasteiger partial charge on any atom is 0.234 e. The monoisotopic (exact) mass is 273 g/mol. The van der Waals surface area contributed by atoms with Gasteiger partial charge in [0, 0.05) is 19.1 Å². The molecule has 3 aliphatic heterocycles. The van der Waals surface area contributed by atoms with Gasteiger partial charge in [-0.3, -0.25) is 4.79 Å². The molecule has 20 heavy (non-hydrogen) atoms. The molecule has 4 rings (SSSR count). The molecule has 1 unspecified atom stereocenters. The van der Waals surface area contributed by atoms with Gasteiger partial charge >= 0.3 is 0 Å². The van der Waals surface area contributed by atoms with Crippen LogP contribution in [0.15, 0.2) is 30.3 Å². The molecule has 0 aromatic heterocycles. The van der Waals surface area contributed by atoms with E-state index >= 15 is 0 Å². The molecule has 1 atom stereocenters. The lowest BCUT2D eigenvalue weighted by atomic mass is 9.84. The van der Waals surface area contributed by atoms with E-state index < -0.39 is 0 Å². The van der Waals surface area contributed by atoms with Gasteiger partial charge in [-0.25, -0.2) is 0 Å². The largest absolute Gasteiger partial charge is 0.351 e. The summed E-state index contributed by atoms with van der Waals surface area (Å²) in [5, 5.41) is 6.40. The lowest BCUT2D eigenvalue weighted by Gasteiger charge is -2.45. The average molecular weight is 273 g/mol. The lowest BCUT2D eigenvalue weighted by molar-refractivity contribution is -0.120. The summed E-state index contributed by atoms with van der Waals surface area (Å²) in [6, 6.07) is 10.5. The Morgan fingerprint density at radius 2 is 1.95 bits per heavy atom. The average Bonchev–Trinajstić information content (AvgIpc) is 2.53. The second-order valence-corrected chi connectivity index (χ2v) is 5.89. The van der Waals surface area contributed by atoms with Crippen molar-refractivity contribution in [3.63, 3.8) is 0 Å². The number of nitrogens with one attached hydrogen (secondary N) is 2. The van der Waals surface area contributed by atoms with Crippen molar-refractivity contribution in [2.24, 2.45) is 5.92 Å². The van der Waals surface area contributed by atoms with E-state index in [9.17, 15) is 4.79 Å². The Balaban J connectivity index is 1.39. The predicted molar refractivity (Wildman–Crippen MR) is 79.2 cm³/mol. The van der Waals surface area contributed by atoms with Crippen molar-refractivity contribution in [3.05, 3.63) is 35.9 Å². The third-order valence-electron chi connectivity index (χ3n) is 4.51. The highest BCUT2D eigenvalue weighted by molar-refractivity contribution is 5.78. The SMILES string of the molecule is O=C(CNC1CN2CCC1CC2)NCc1ccccc1. The zero-order valence-electron chi connectivity index (χ0n) is 11.8. The number of nitrogens with zero attached hydrogens (tertiary/aromatic N) is 1. The van der Waals surface area contributed by atoms with Gasteiger partial charge in [-0.15, -0.1) is 0 Å². The Kier molecular flexibility index (Phi) is 4.33. The zero-order valence-corrected chi connectivity index (χ0v) is 11.8. The molecule has 3 fully saturated rings. The molecule has 4 nitrogen and oxygen atoms in total. The Bertz CT molecular complexity index is 440. The number of hydrogen-bond donors (Lipinski definition) is 2. The third kappa shape index (κ3) is 3.38. The Labute approximate surface area is 120 Å². The second-order valence-electron chi connectivity index (χ2n) is 5.89. The van der Waals surface area contributed by atoms with Crippen LogP contribution in [0.5, 0.6) is 0 Å². The van der Waals surface area contributed by atoms with Crippen LogP contribution in [0.3, 0.4) is 0 Å². The second kappa shape index (κ2) is 6.37. The first-order valence-corrected chi connectivity index (χ1v) is 7.57. The maximum absolute atomic E-state index is 11.9. The number of piperidine rings is 3. The normalized spacial score (nSPS) is 28.3. The summed E-state index contributed by atoms with van der Waals surface area (Å²) in [4.78, 5) is 14.4. The van der Waals surface area contributed by atoms with Gasteiger partial charge in [0.05, 0.1) is 6.54 Å². The molecule has 3 heterocycles. The fourth-order valence-corrected chi connectivity index (χ4v) is 3.28. The van der Waals surface area contributed by atoms with E-state index in [4.69, 9.17) is 0 Å². The van der Waals surface area contributed by atoms with Crippen LogP contribution in [0, 0.1) is 5.92 Å². The number of rotatable bonds is 5. The Hall–Kier alpha value is -1.39. The molecular formula is C16H23N3O. The summed E-state index contributed by atoms with van der Waals surface area (Å²) >= 11 is 0. The van der Waals surface area contributed by atoms with Crippen LogP contribution in [0.25, 0.3) is 0 Å². The van der Waals surface area contributed by atoms with Gasteiger partial charge in [-0.05, 0) is 37.4 Å². The molecule has 4 heteroatoms. The molecule has 0 spiro atoms. The minimum absolute atomic E-state index is 0.0882. The van der Waals surface area contributed by atoms with Gasteiger partial charge in [0.1, 0.15) is 0 Å². The van der Waals surface area contributed by atoms with Crippen LogP contribution >= 0.6 is 0 Å². The molecule has 0 aliphatic carbocycles. The van der Waals surface area contributed by atoms with E-state index in [2.05, 4.69) is 15.5 Å². The van der Waals surface area contributed by atoms with E-state index in [1.165, 1.54) is 25.9 Å². The number of fused-ring (bicyclic) bond motifs is 3. The first-order chi connectivity index (χ1) is 9.81. The maximum atomic E-state index is 11.9. The van der Waals surface area contributed by atoms with E-state index in [1.54, 1.807) is 0 Å². The van der Waals surface area contributed by atoms with Crippen molar-refractivity contribution in [1.29, 1.82) is 0 Å². The molecule has 2 bridgehead atoms. The zero-order chi connectivity index (χ0) is 13.8. The minimum atomic E-state index is 0.0882. The molecular weight excluding hydrogens is 250 g/mol. The Morgan fingerprint density at radius 1 is 1.20 bits per heavy atom. The minimum Gasteiger partial charge on any atom is -0.351 e. The highest BCUT2D eigenvalue weighted by atomic mass is 16.1. The first kappa shape index (κ1) is 13.6. The molecule has 1 aromatic carbocycles. The van der Waals surface area contributed by atoms with E-state index in [1.807, 2.05) is 30.3 Å². The predicted octanol–water partition coefficient (Wildman–Crippen LogP) is 0.987. The van der Waals surface area contributed by atoms with Crippen LogP contribution in [-0.2, 0) is 11.3 Å². The van der Waals surface area contributed by atoms with Gasteiger partial charge in [0.15, 0.2) is 0 Å². The summed E-state index contributed by atoms with van der Waals surface area (Å²) in [7, 11) is 0. The van der Waals surface area contributed by atoms with E-state index in [-0.39, 0.29) is 5.91 Å². The fraction of sp³-hybridized carbons (Fsp3) is 0.562. The summed E-state index contributed by atoms with van der Waals surface area (Å²) < 4.78 is 0. The van der Waals surface area contributed by atoms with E-state index in [0.717, 1.165) is 18.0 Å². The molecule has 3 saturated heterocycles. The van der Waals surface area contributed by atoms with Gasteiger partial charge < -0.3 is 15.5 Å². The van der Waals surface area contributed by atoms with Gasteiger partial charge in [-0.2, -0.15) is 0 Å². The fourth-order valence-electron chi connectivity index (χ4n) is 3.28. The number of hydrogen-bond acceptors (Lipinski definition) is 3. The van der Waals surface area contributed by atoms with Gasteiger partial charge in [0.2, 0.25) is 5.91 Å². The van der Waals surface area contributed by atoms with E-state index in [0.29, 0.717) is 19.1 Å². The third-order valence-corrected chi connectivity index (χ3v) is 4.51. The van der Waals surface area contributed by atoms with Gasteiger partial charge in [-0.1, -0.05) is 30.3 Å². The van der Waals surface area contributed by atoms with Crippen LogP contribution in [0.2, 0.25) is 0 Å². The number of amides is 1. The number of carbonyl (C=O) groups is 1. The smallest absolute Gasteiger partial charge is 0.234 e. The highest BCUT2D eigenvalue weighted by Crippen LogP contribution is 2.27. The van der Waals surface area contributed by atoms with Crippen LogP contribution in [0.1, 0.15) is 18.4 Å². The van der Waals surface area contributed by atoms with Crippen LogP contribution < -0.4 is 10.6 Å². The summed E-state index contributed by atoms with van der Waals surface area (Å²) in [5.41, 5.74) is 1.14. The van der Waals surface area contributed by atoms with Crippen molar-refractivity contribution < 1.29 is 4.79 Å². The molecule has 0 saturated carbocycles. The topological polar surface area (TPSA) is 44.4 Å². The quantitative estimate of drug-likeness (QED) is 0.841. The molecule has 1 aromatic rings. The molecule has 1 amide bonds. The van der Waals surface area contributed by atoms with Crippen molar-refractivity contribution in [2.45, 2.75) is 25.4 Å². The highest BCUT2D eigenvalue weighted by Gasteiger charge is 2.33. The van der Waals surface area contributed by atoms with Crippen LogP contribution in [-0.4, -0.2) is 43.0 Å². The molecule has 3 aliphatic rings. The Morgan fingerprint density at radius 3 is 2.60 bits per heavy atom. The van der Waals surface area contributed by atoms with Crippen molar-refractivity contribution >= 4 is 5.91 Å².